The van der Waals surface area contributed by atoms with E-state index in [0.717, 1.165) is 12.8 Å². The standard InChI is InChI=1S/C17H17N3OS/c21-16-8-4-2-6-13(16)11-18-20-17(22)19-15-10-9-12-5-1-3-7-14(12)15/h1-8,11,15,21H,9-10H2,(H2,19,20,22). The third kappa shape index (κ3) is 3.26. The van der Waals surface area contributed by atoms with Gasteiger partial charge in [-0.05, 0) is 48.3 Å². The Kier molecular flexibility index (Phi) is 4.34. The average molecular weight is 311 g/mol. The summed E-state index contributed by atoms with van der Waals surface area (Å²) in [6.07, 6.45) is 3.65. The number of hydrazone groups is 1. The number of aryl methyl sites for hydroxylation is 1. The summed E-state index contributed by atoms with van der Waals surface area (Å²) in [7, 11) is 0. The molecular weight excluding hydrogens is 294 g/mol. The number of phenolic OH excluding ortho intramolecular Hbond substituents is 1. The molecule has 4 nitrogen and oxygen atoms in total. The zero-order valence-electron chi connectivity index (χ0n) is 12.0. The molecule has 0 saturated carbocycles. The molecule has 0 spiro atoms. The van der Waals surface area contributed by atoms with Gasteiger partial charge in [-0.1, -0.05) is 36.4 Å². The van der Waals surface area contributed by atoms with Crippen molar-refractivity contribution in [1.82, 2.24) is 10.7 Å². The maximum atomic E-state index is 9.65. The van der Waals surface area contributed by atoms with Gasteiger partial charge in [-0.25, -0.2) is 0 Å². The molecule has 112 valence electrons. The molecule has 0 amide bonds. The summed E-state index contributed by atoms with van der Waals surface area (Å²) in [5.41, 5.74) is 6.11. The highest BCUT2D eigenvalue weighted by atomic mass is 32.1. The molecule has 1 unspecified atom stereocenters. The van der Waals surface area contributed by atoms with Crippen molar-refractivity contribution in [3.63, 3.8) is 0 Å². The van der Waals surface area contributed by atoms with Gasteiger partial charge in [-0.2, -0.15) is 5.10 Å². The topological polar surface area (TPSA) is 56.7 Å². The molecule has 0 aromatic heterocycles. The van der Waals surface area contributed by atoms with Crippen LogP contribution in [0.1, 0.15) is 29.2 Å². The predicted molar refractivity (Wildman–Crippen MR) is 92.1 cm³/mol. The van der Waals surface area contributed by atoms with E-state index in [1.165, 1.54) is 11.1 Å². The van der Waals surface area contributed by atoms with Gasteiger partial charge in [-0.3, -0.25) is 5.43 Å². The van der Waals surface area contributed by atoms with Gasteiger partial charge in [0.25, 0.3) is 0 Å². The summed E-state index contributed by atoms with van der Waals surface area (Å²) < 4.78 is 0. The molecule has 1 aliphatic rings. The highest BCUT2D eigenvalue weighted by molar-refractivity contribution is 7.80. The minimum Gasteiger partial charge on any atom is -0.507 e. The molecule has 3 rings (SSSR count). The number of aromatic hydroxyl groups is 1. The molecule has 5 heteroatoms. The van der Waals surface area contributed by atoms with Crippen LogP contribution in [0.2, 0.25) is 0 Å². The summed E-state index contributed by atoms with van der Waals surface area (Å²) in [6.45, 7) is 0. The first-order chi connectivity index (χ1) is 10.7. The van der Waals surface area contributed by atoms with E-state index in [1.807, 2.05) is 12.1 Å². The molecule has 22 heavy (non-hydrogen) atoms. The van der Waals surface area contributed by atoms with Crippen molar-refractivity contribution in [3.05, 3.63) is 65.2 Å². The second-order valence-electron chi connectivity index (χ2n) is 5.19. The third-order valence-electron chi connectivity index (χ3n) is 3.74. The van der Waals surface area contributed by atoms with Gasteiger partial charge in [0.15, 0.2) is 5.11 Å². The van der Waals surface area contributed by atoms with Crippen LogP contribution in [0.5, 0.6) is 5.75 Å². The smallest absolute Gasteiger partial charge is 0.187 e. The van der Waals surface area contributed by atoms with Crippen molar-refractivity contribution >= 4 is 23.5 Å². The molecule has 0 bridgehead atoms. The van der Waals surface area contributed by atoms with E-state index >= 15 is 0 Å². The molecule has 0 radical (unpaired) electrons. The van der Waals surface area contributed by atoms with Crippen LogP contribution in [0.4, 0.5) is 0 Å². The minimum absolute atomic E-state index is 0.191. The number of hydrogen-bond acceptors (Lipinski definition) is 3. The normalized spacial score (nSPS) is 16.5. The highest BCUT2D eigenvalue weighted by Gasteiger charge is 2.21. The number of hydrogen-bond donors (Lipinski definition) is 3. The summed E-state index contributed by atoms with van der Waals surface area (Å²) >= 11 is 5.27. The van der Waals surface area contributed by atoms with E-state index < -0.39 is 0 Å². The Hall–Kier alpha value is -2.40. The summed E-state index contributed by atoms with van der Waals surface area (Å²) in [5.74, 6) is 0.191. The monoisotopic (exact) mass is 311 g/mol. The first kappa shape index (κ1) is 14.5. The molecule has 2 aromatic rings. The Bertz CT molecular complexity index is 715. The van der Waals surface area contributed by atoms with Crippen LogP contribution >= 0.6 is 12.2 Å². The molecule has 0 aliphatic heterocycles. The third-order valence-corrected chi connectivity index (χ3v) is 3.95. The SMILES string of the molecule is Oc1ccccc1C=NNC(=S)NC1CCc2ccccc21. The Morgan fingerprint density at radius 3 is 2.82 bits per heavy atom. The summed E-state index contributed by atoms with van der Waals surface area (Å²) in [5, 5.41) is 17.5. The maximum absolute atomic E-state index is 9.65. The lowest BCUT2D eigenvalue weighted by atomic mass is 10.1. The molecule has 0 saturated heterocycles. The second-order valence-corrected chi connectivity index (χ2v) is 5.60. The van der Waals surface area contributed by atoms with Gasteiger partial charge in [-0.15, -0.1) is 0 Å². The van der Waals surface area contributed by atoms with Gasteiger partial charge in [0.2, 0.25) is 0 Å². The van der Waals surface area contributed by atoms with Gasteiger partial charge in [0, 0.05) is 5.56 Å². The number of para-hydroxylation sites is 1. The first-order valence-electron chi connectivity index (χ1n) is 7.19. The lowest BCUT2D eigenvalue weighted by Crippen LogP contribution is -2.34. The van der Waals surface area contributed by atoms with Crippen LogP contribution < -0.4 is 10.7 Å². The van der Waals surface area contributed by atoms with Gasteiger partial charge < -0.3 is 10.4 Å². The summed E-state index contributed by atoms with van der Waals surface area (Å²) in [6, 6.07) is 15.6. The lowest BCUT2D eigenvalue weighted by Gasteiger charge is -2.15. The average Bonchev–Trinajstić information content (AvgIpc) is 2.92. The van der Waals surface area contributed by atoms with Crippen LogP contribution in [-0.4, -0.2) is 16.4 Å². The van der Waals surface area contributed by atoms with E-state index in [2.05, 4.69) is 34.0 Å². The largest absolute Gasteiger partial charge is 0.507 e. The zero-order valence-corrected chi connectivity index (χ0v) is 12.8. The number of phenols is 1. The maximum Gasteiger partial charge on any atom is 0.187 e. The van der Waals surface area contributed by atoms with E-state index in [1.54, 1.807) is 24.4 Å². The van der Waals surface area contributed by atoms with Gasteiger partial charge >= 0.3 is 0 Å². The second kappa shape index (κ2) is 6.58. The number of nitrogens with one attached hydrogen (secondary N) is 2. The fourth-order valence-electron chi connectivity index (χ4n) is 2.65. The number of fused-ring (bicyclic) bond motifs is 1. The molecule has 1 aliphatic carbocycles. The van der Waals surface area contributed by atoms with Crippen molar-refractivity contribution < 1.29 is 5.11 Å². The van der Waals surface area contributed by atoms with Crippen molar-refractivity contribution in [3.8, 4) is 5.75 Å². The molecule has 0 heterocycles. The predicted octanol–water partition coefficient (Wildman–Crippen LogP) is 2.88. The molecule has 1 atom stereocenters. The number of nitrogens with zero attached hydrogens (tertiary/aromatic N) is 1. The van der Waals surface area contributed by atoms with Crippen molar-refractivity contribution in [2.75, 3.05) is 0 Å². The molecule has 2 aromatic carbocycles. The number of thiocarbonyl (C=S) groups is 1. The Morgan fingerprint density at radius 1 is 1.18 bits per heavy atom. The molecule has 3 N–H and O–H groups in total. The van der Waals surface area contributed by atoms with E-state index in [0.29, 0.717) is 10.7 Å². The van der Waals surface area contributed by atoms with Crippen LogP contribution in [0, 0.1) is 0 Å². The quantitative estimate of drug-likeness (QED) is 0.463. The van der Waals surface area contributed by atoms with Gasteiger partial charge in [0.05, 0.1) is 12.3 Å². The zero-order chi connectivity index (χ0) is 15.4. The fourth-order valence-corrected chi connectivity index (χ4v) is 2.85. The van der Waals surface area contributed by atoms with Crippen LogP contribution in [0.3, 0.4) is 0 Å². The number of rotatable bonds is 3. The van der Waals surface area contributed by atoms with Gasteiger partial charge in [0.1, 0.15) is 5.75 Å². The van der Waals surface area contributed by atoms with E-state index in [9.17, 15) is 5.11 Å². The molecule has 0 fully saturated rings. The highest BCUT2D eigenvalue weighted by Crippen LogP contribution is 2.30. The van der Waals surface area contributed by atoms with E-state index in [4.69, 9.17) is 12.2 Å². The first-order valence-corrected chi connectivity index (χ1v) is 7.60. The Morgan fingerprint density at radius 2 is 1.95 bits per heavy atom. The van der Waals surface area contributed by atoms with Crippen LogP contribution in [-0.2, 0) is 6.42 Å². The summed E-state index contributed by atoms with van der Waals surface area (Å²) in [4.78, 5) is 0. The van der Waals surface area contributed by atoms with E-state index in [-0.39, 0.29) is 11.8 Å². The molecular formula is C17H17N3OS. The van der Waals surface area contributed by atoms with Crippen molar-refractivity contribution in [2.45, 2.75) is 18.9 Å². The van der Waals surface area contributed by atoms with Crippen LogP contribution in [0.15, 0.2) is 53.6 Å². The van der Waals surface area contributed by atoms with Crippen LogP contribution in [0.25, 0.3) is 0 Å². The van der Waals surface area contributed by atoms with Crippen molar-refractivity contribution in [2.24, 2.45) is 5.10 Å². The Labute approximate surface area is 134 Å². The fraction of sp³-hybridized carbons (Fsp3) is 0.176. The number of benzene rings is 2. The minimum atomic E-state index is 0.191. The lowest BCUT2D eigenvalue weighted by molar-refractivity contribution is 0.474. The van der Waals surface area contributed by atoms with Crippen molar-refractivity contribution in [1.29, 1.82) is 0 Å². The Balaban J connectivity index is 1.57.